The zero-order chi connectivity index (χ0) is 19.9. The fourth-order valence-electron chi connectivity index (χ4n) is 2.10. The van der Waals surface area contributed by atoms with Gasteiger partial charge < -0.3 is 19.2 Å². The van der Waals surface area contributed by atoms with Gasteiger partial charge in [0, 0.05) is 11.1 Å². The second kappa shape index (κ2) is 9.68. The molecule has 7 nitrogen and oxygen atoms in total. The Labute approximate surface area is 175 Å². The van der Waals surface area contributed by atoms with Gasteiger partial charge in [0.1, 0.15) is 11.5 Å². The number of anilines is 1. The highest BCUT2D eigenvalue weighted by Crippen LogP contribution is 2.26. The Bertz CT molecular complexity index is 968. The van der Waals surface area contributed by atoms with Gasteiger partial charge in [-0.25, -0.2) is 0 Å². The lowest BCUT2D eigenvalue weighted by Crippen LogP contribution is -2.14. The molecule has 0 radical (unpaired) electrons. The average molecular weight is 440 g/mol. The average Bonchev–Trinajstić information content (AvgIpc) is 3.15. The summed E-state index contributed by atoms with van der Waals surface area (Å²) in [5, 5.41) is 11.6. The van der Waals surface area contributed by atoms with E-state index in [1.165, 1.54) is 0 Å². The van der Waals surface area contributed by atoms with Gasteiger partial charge in [-0.3, -0.25) is 4.79 Å². The third-order valence-electron chi connectivity index (χ3n) is 3.38. The third kappa shape index (κ3) is 5.79. The van der Waals surface area contributed by atoms with E-state index in [1.807, 2.05) is 12.1 Å². The number of nitrogens with one attached hydrogen (secondary N) is 1. The van der Waals surface area contributed by atoms with E-state index in [1.54, 1.807) is 37.4 Å². The van der Waals surface area contributed by atoms with Gasteiger partial charge in [0.05, 0.1) is 23.6 Å². The van der Waals surface area contributed by atoms with Gasteiger partial charge in [0.25, 0.3) is 11.1 Å². The van der Waals surface area contributed by atoms with Crippen LogP contribution in [-0.2, 0) is 11.4 Å². The predicted molar refractivity (Wildman–Crippen MR) is 107 cm³/mol. The van der Waals surface area contributed by atoms with Crippen LogP contribution in [0.25, 0.3) is 0 Å². The van der Waals surface area contributed by atoms with Crippen LogP contribution in [0.3, 0.4) is 0 Å². The second-order valence-electron chi connectivity index (χ2n) is 5.39. The SMILES string of the molecule is COc1cccc(OCc2nnc(SCC(=O)Nc3ccc(Cl)cc3Cl)o2)c1. The summed E-state index contributed by atoms with van der Waals surface area (Å²) in [5.74, 6) is 1.42. The van der Waals surface area contributed by atoms with Crippen molar-refractivity contribution >= 4 is 46.6 Å². The number of aromatic nitrogens is 2. The molecule has 146 valence electrons. The quantitative estimate of drug-likeness (QED) is 0.509. The van der Waals surface area contributed by atoms with E-state index in [9.17, 15) is 4.79 Å². The number of rotatable bonds is 8. The van der Waals surface area contributed by atoms with Crippen molar-refractivity contribution in [3.8, 4) is 11.5 Å². The first kappa shape index (κ1) is 20.3. The van der Waals surface area contributed by atoms with Gasteiger partial charge in [-0.15, -0.1) is 10.2 Å². The largest absolute Gasteiger partial charge is 0.497 e. The number of halogens is 2. The normalized spacial score (nSPS) is 10.5. The van der Waals surface area contributed by atoms with Crippen LogP contribution in [0.1, 0.15) is 5.89 Å². The van der Waals surface area contributed by atoms with Crippen molar-refractivity contribution in [1.82, 2.24) is 10.2 Å². The topological polar surface area (TPSA) is 86.5 Å². The molecule has 0 aliphatic rings. The molecule has 0 unspecified atom stereocenters. The van der Waals surface area contributed by atoms with Crippen LogP contribution in [0.5, 0.6) is 11.5 Å². The van der Waals surface area contributed by atoms with Crippen LogP contribution in [0.4, 0.5) is 5.69 Å². The number of methoxy groups -OCH3 is 1. The summed E-state index contributed by atoms with van der Waals surface area (Å²) < 4.78 is 16.2. The smallest absolute Gasteiger partial charge is 0.277 e. The van der Waals surface area contributed by atoms with Crippen molar-refractivity contribution in [2.75, 3.05) is 18.2 Å². The van der Waals surface area contributed by atoms with Crippen molar-refractivity contribution in [2.45, 2.75) is 11.8 Å². The van der Waals surface area contributed by atoms with Crippen LogP contribution in [0.15, 0.2) is 52.1 Å². The molecule has 10 heteroatoms. The molecule has 0 fully saturated rings. The molecule has 3 aromatic rings. The summed E-state index contributed by atoms with van der Waals surface area (Å²) in [6, 6.07) is 12.0. The molecule has 0 atom stereocenters. The Kier molecular flexibility index (Phi) is 7.02. The molecule has 1 amide bonds. The minimum atomic E-state index is -0.262. The highest BCUT2D eigenvalue weighted by Gasteiger charge is 2.12. The molecule has 1 N–H and O–H groups in total. The number of benzene rings is 2. The van der Waals surface area contributed by atoms with Crippen molar-refractivity contribution in [2.24, 2.45) is 0 Å². The summed E-state index contributed by atoms with van der Waals surface area (Å²) in [4.78, 5) is 12.1. The Morgan fingerprint density at radius 2 is 2.00 bits per heavy atom. The number of carbonyl (C=O) groups is 1. The van der Waals surface area contributed by atoms with E-state index < -0.39 is 0 Å². The van der Waals surface area contributed by atoms with E-state index in [4.69, 9.17) is 37.1 Å². The zero-order valence-corrected chi connectivity index (χ0v) is 17.0. The molecule has 2 aromatic carbocycles. The van der Waals surface area contributed by atoms with Gasteiger partial charge in [0.2, 0.25) is 5.91 Å². The van der Waals surface area contributed by atoms with Crippen molar-refractivity contribution in [3.63, 3.8) is 0 Å². The summed E-state index contributed by atoms with van der Waals surface area (Å²) in [6.45, 7) is 0.104. The van der Waals surface area contributed by atoms with Crippen LogP contribution < -0.4 is 14.8 Å². The molecule has 0 saturated carbocycles. The number of hydrogen-bond donors (Lipinski definition) is 1. The second-order valence-corrected chi connectivity index (χ2v) is 7.16. The Morgan fingerprint density at radius 1 is 1.18 bits per heavy atom. The lowest BCUT2D eigenvalue weighted by molar-refractivity contribution is -0.113. The van der Waals surface area contributed by atoms with Crippen LogP contribution >= 0.6 is 35.0 Å². The molecule has 1 aromatic heterocycles. The molecular weight excluding hydrogens is 425 g/mol. The maximum Gasteiger partial charge on any atom is 0.277 e. The molecule has 1 heterocycles. The van der Waals surface area contributed by atoms with Crippen molar-refractivity contribution in [3.05, 3.63) is 58.4 Å². The molecule has 0 spiro atoms. The summed E-state index contributed by atoms with van der Waals surface area (Å²) in [5.41, 5.74) is 0.481. The van der Waals surface area contributed by atoms with Gasteiger partial charge in [0.15, 0.2) is 6.61 Å². The van der Waals surface area contributed by atoms with E-state index in [2.05, 4.69) is 15.5 Å². The first-order chi connectivity index (χ1) is 13.5. The molecule has 28 heavy (non-hydrogen) atoms. The van der Waals surface area contributed by atoms with Gasteiger partial charge in [-0.2, -0.15) is 0 Å². The number of thioether (sulfide) groups is 1. The van der Waals surface area contributed by atoms with Crippen molar-refractivity contribution in [1.29, 1.82) is 0 Å². The third-order valence-corrected chi connectivity index (χ3v) is 4.75. The molecular formula is C18H15Cl2N3O4S. The summed E-state index contributed by atoms with van der Waals surface area (Å²) >= 11 is 13.0. The minimum Gasteiger partial charge on any atom is -0.497 e. The van der Waals surface area contributed by atoms with Gasteiger partial charge >= 0.3 is 0 Å². The fraction of sp³-hybridized carbons (Fsp3) is 0.167. The Balaban J connectivity index is 1.48. The van der Waals surface area contributed by atoms with Crippen LogP contribution in [0, 0.1) is 0 Å². The number of carbonyl (C=O) groups excluding carboxylic acids is 1. The maximum absolute atomic E-state index is 12.1. The first-order valence-corrected chi connectivity index (χ1v) is 9.74. The van der Waals surface area contributed by atoms with Gasteiger partial charge in [-0.1, -0.05) is 41.0 Å². The lowest BCUT2D eigenvalue weighted by Gasteiger charge is -2.06. The molecule has 0 aliphatic heterocycles. The van der Waals surface area contributed by atoms with E-state index in [-0.39, 0.29) is 23.5 Å². The Morgan fingerprint density at radius 3 is 2.79 bits per heavy atom. The van der Waals surface area contributed by atoms with Crippen LogP contribution in [0.2, 0.25) is 10.0 Å². The first-order valence-electron chi connectivity index (χ1n) is 8.00. The number of hydrogen-bond acceptors (Lipinski definition) is 7. The predicted octanol–water partition coefficient (Wildman–Crippen LogP) is 4.69. The standard InChI is InChI=1S/C18H15Cl2N3O4S/c1-25-12-3-2-4-13(8-12)26-9-17-22-23-18(27-17)28-10-16(24)21-15-6-5-11(19)7-14(15)20/h2-8H,9-10H2,1H3,(H,21,24). The fourth-order valence-corrected chi connectivity index (χ4v) is 3.13. The number of ether oxygens (including phenoxy) is 2. The maximum atomic E-state index is 12.1. The summed E-state index contributed by atoms with van der Waals surface area (Å²) in [6.07, 6.45) is 0. The Hall–Kier alpha value is -2.42. The highest BCUT2D eigenvalue weighted by molar-refractivity contribution is 7.99. The minimum absolute atomic E-state index is 0.0807. The van der Waals surface area contributed by atoms with Gasteiger partial charge in [-0.05, 0) is 30.3 Å². The van der Waals surface area contributed by atoms with E-state index >= 15 is 0 Å². The van der Waals surface area contributed by atoms with Crippen LogP contribution in [-0.4, -0.2) is 29.0 Å². The molecule has 0 aliphatic carbocycles. The number of nitrogens with zero attached hydrogens (tertiary/aromatic N) is 2. The monoisotopic (exact) mass is 439 g/mol. The molecule has 3 rings (SSSR count). The van der Waals surface area contributed by atoms with E-state index in [0.717, 1.165) is 11.8 Å². The zero-order valence-electron chi connectivity index (χ0n) is 14.6. The summed E-state index contributed by atoms with van der Waals surface area (Å²) in [7, 11) is 1.58. The van der Waals surface area contributed by atoms with Crippen molar-refractivity contribution < 1.29 is 18.7 Å². The van der Waals surface area contributed by atoms with E-state index in [0.29, 0.717) is 33.1 Å². The lowest BCUT2D eigenvalue weighted by atomic mass is 10.3. The highest BCUT2D eigenvalue weighted by atomic mass is 35.5. The molecule has 0 bridgehead atoms. The molecule has 0 saturated heterocycles. The number of amides is 1.